The van der Waals surface area contributed by atoms with Crippen LogP contribution in [0.5, 0.6) is 0 Å². The first-order valence-electron chi connectivity index (χ1n) is 6.57. The predicted octanol–water partition coefficient (Wildman–Crippen LogP) is 3.69. The number of hydrogen-bond donors (Lipinski definition) is 1. The van der Waals surface area contributed by atoms with Crippen molar-refractivity contribution in [1.82, 2.24) is 4.98 Å². The molecule has 0 aliphatic rings. The van der Waals surface area contributed by atoms with Gasteiger partial charge >= 0.3 is 0 Å². The van der Waals surface area contributed by atoms with Gasteiger partial charge in [0.15, 0.2) is 0 Å². The summed E-state index contributed by atoms with van der Waals surface area (Å²) in [4.78, 5) is 16.8. The average molecular weight is 409 g/mol. The van der Waals surface area contributed by atoms with Crippen LogP contribution in [0, 0.1) is 6.92 Å². The Balaban J connectivity index is 1.93. The van der Waals surface area contributed by atoms with Crippen LogP contribution in [0.4, 0.5) is 0 Å². The number of benzene rings is 1. The number of nitrogens with zero attached hydrogens (tertiary/aromatic N) is 1. The van der Waals surface area contributed by atoms with Gasteiger partial charge in [-0.3, -0.25) is 9.00 Å². The molecule has 1 heterocycles. The first-order chi connectivity index (χ1) is 10.9. The summed E-state index contributed by atoms with van der Waals surface area (Å²) in [6, 6.07) is 4.94. The van der Waals surface area contributed by atoms with Crippen LogP contribution in [0.1, 0.15) is 10.6 Å². The van der Waals surface area contributed by atoms with E-state index in [2.05, 4.69) is 4.98 Å². The molecule has 1 aromatic heterocycles. The van der Waals surface area contributed by atoms with Crippen LogP contribution in [-0.2, 0) is 22.0 Å². The third-order valence-electron chi connectivity index (χ3n) is 2.84. The molecular weight excluding hydrogens is 395 g/mol. The fourth-order valence-corrected chi connectivity index (χ4v) is 6.03. The Morgan fingerprint density at radius 1 is 1.43 bits per heavy atom. The normalized spacial score (nSPS) is 12.3. The first kappa shape index (κ1) is 18.7. The minimum absolute atomic E-state index is 0.202. The Labute approximate surface area is 155 Å². The zero-order chi connectivity index (χ0) is 17.0. The Morgan fingerprint density at radius 2 is 2.17 bits per heavy atom. The van der Waals surface area contributed by atoms with Gasteiger partial charge in [0, 0.05) is 21.4 Å². The highest BCUT2D eigenvalue weighted by Crippen LogP contribution is 2.29. The van der Waals surface area contributed by atoms with Gasteiger partial charge in [-0.2, -0.15) is 0 Å². The minimum atomic E-state index is -1.22. The molecular formula is C14H14Cl2N2O2S3. The van der Waals surface area contributed by atoms with Crippen molar-refractivity contribution in [3.8, 4) is 0 Å². The molecule has 23 heavy (non-hydrogen) atoms. The van der Waals surface area contributed by atoms with Crippen LogP contribution < -0.4 is 5.73 Å². The summed E-state index contributed by atoms with van der Waals surface area (Å²) in [6.07, 6.45) is 0.202. The number of aromatic nitrogens is 1. The maximum atomic E-state index is 12.3. The lowest BCUT2D eigenvalue weighted by Crippen LogP contribution is -2.13. The Hall–Kier alpha value is -0.600. The van der Waals surface area contributed by atoms with E-state index in [1.807, 2.05) is 6.92 Å². The number of nitrogens with two attached hydrogens (primary N) is 1. The maximum absolute atomic E-state index is 12.3. The van der Waals surface area contributed by atoms with Crippen LogP contribution in [0.15, 0.2) is 27.4 Å². The number of primary amides is 1. The van der Waals surface area contributed by atoms with Gasteiger partial charge in [0.2, 0.25) is 5.91 Å². The zero-order valence-corrected chi connectivity index (χ0v) is 16.1. The summed E-state index contributed by atoms with van der Waals surface area (Å²) >= 11 is 14.9. The quantitative estimate of drug-likeness (QED) is 0.708. The highest BCUT2D eigenvalue weighted by atomic mass is 35.5. The summed E-state index contributed by atoms with van der Waals surface area (Å²) in [5.74, 6) is 0.692. The van der Waals surface area contributed by atoms with E-state index in [0.29, 0.717) is 26.4 Å². The molecule has 1 amide bonds. The molecule has 2 rings (SSSR count). The number of amides is 1. The van der Waals surface area contributed by atoms with Gasteiger partial charge in [0.1, 0.15) is 4.34 Å². The van der Waals surface area contributed by atoms with Gasteiger partial charge < -0.3 is 5.73 Å². The number of halogens is 2. The summed E-state index contributed by atoms with van der Waals surface area (Å²) in [5.41, 5.74) is 6.02. The fourth-order valence-electron chi connectivity index (χ4n) is 1.75. The summed E-state index contributed by atoms with van der Waals surface area (Å²) in [6.45, 7) is 1.85. The highest BCUT2D eigenvalue weighted by molar-refractivity contribution is 8.01. The fraction of sp³-hybridized carbons (Fsp3) is 0.286. The second-order valence-electron chi connectivity index (χ2n) is 4.60. The Bertz CT molecular complexity index is 750. The number of aryl methyl sites for hydroxylation is 1. The Kier molecular flexibility index (Phi) is 6.91. The first-order valence-corrected chi connectivity index (χ1v) is 10.5. The molecule has 2 N–H and O–H groups in total. The van der Waals surface area contributed by atoms with Crippen LogP contribution in [0.3, 0.4) is 0 Å². The molecule has 1 atom stereocenters. The van der Waals surface area contributed by atoms with Crippen molar-refractivity contribution in [1.29, 1.82) is 0 Å². The van der Waals surface area contributed by atoms with Crippen molar-refractivity contribution in [2.24, 2.45) is 5.73 Å². The van der Waals surface area contributed by atoms with Crippen molar-refractivity contribution in [2.45, 2.75) is 22.6 Å². The van der Waals surface area contributed by atoms with E-state index >= 15 is 0 Å². The predicted molar refractivity (Wildman–Crippen MR) is 98.2 cm³/mol. The lowest BCUT2D eigenvalue weighted by atomic mass is 10.3. The van der Waals surface area contributed by atoms with Crippen LogP contribution >= 0.6 is 46.3 Å². The molecule has 0 unspecified atom stereocenters. The summed E-state index contributed by atoms with van der Waals surface area (Å²) < 4.78 is 13.1. The molecule has 0 spiro atoms. The van der Waals surface area contributed by atoms with Crippen molar-refractivity contribution >= 4 is 63.0 Å². The molecule has 124 valence electrons. The number of carbonyl (C=O) groups excluding carboxylic acids is 1. The summed E-state index contributed by atoms with van der Waals surface area (Å²) in [7, 11) is -1.22. The molecule has 2 aromatic rings. The number of thiazole rings is 1. The maximum Gasteiger partial charge on any atom is 0.222 e. The molecule has 0 radical (unpaired) electrons. The lowest BCUT2D eigenvalue weighted by molar-refractivity contribution is -0.117. The van der Waals surface area contributed by atoms with Gasteiger partial charge in [-0.1, -0.05) is 35.0 Å². The molecule has 0 fully saturated rings. The van der Waals surface area contributed by atoms with Crippen molar-refractivity contribution in [3.05, 3.63) is 38.8 Å². The number of carbonyl (C=O) groups is 1. The monoisotopic (exact) mass is 408 g/mol. The number of hydrogen-bond acceptors (Lipinski definition) is 5. The van der Waals surface area contributed by atoms with Gasteiger partial charge in [-0.15, -0.1) is 11.3 Å². The lowest BCUT2D eigenvalue weighted by Gasteiger charge is -2.04. The zero-order valence-electron chi connectivity index (χ0n) is 12.2. The molecule has 4 nitrogen and oxygen atoms in total. The SMILES string of the molecule is Cc1nc(SCC[S@](=O)c2cc(Cl)ccc2Cl)sc1CC(N)=O. The second kappa shape index (κ2) is 8.48. The van der Waals surface area contributed by atoms with Gasteiger partial charge in [-0.05, 0) is 25.1 Å². The van der Waals surface area contributed by atoms with Gasteiger partial charge in [0.05, 0.1) is 32.8 Å². The Morgan fingerprint density at radius 3 is 2.87 bits per heavy atom. The number of thioether (sulfide) groups is 1. The van der Waals surface area contributed by atoms with Crippen LogP contribution in [0.2, 0.25) is 10.0 Å². The van der Waals surface area contributed by atoms with Crippen molar-refractivity contribution in [2.75, 3.05) is 11.5 Å². The molecule has 1 aromatic carbocycles. The molecule has 0 aliphatic carbocycles. The highest BCUT2D eigenvalue weighted by Gasteiger charge is 2.13. The molecule has 9 heteroatoms. The van der Waals surface area contributed by atoms with E-state index < -0.39 is 10.8 Å². The van der Waals surface area contributed by atoms with Crippen LogP contribution in [0.25, 0.3) is 0 Å². The number of rotatable bonds is 7. The molecule has 0 saturated heterocycles. The van der Waals surface area contributed by atoms with E-state index in [-0.39, 0.29) is 12.3 Å². The summed E-state index contributed by atoms with van der Waals surface area (Å²) in [5, 5.41) is 0.962. The van der Waals surface area contributed by atoms with E-state index in [4.69, 9.17) is 28.9 Å². The van der Waals surface area contributed by atoms with Crippen molar-refractivity contribution in [3.63, 3.8) is 0 Å². The average Bonchev–Trinajstić information content (AvgIpc) is 2.81. The topological polar surface area (TPSA) is 73.1 Å². The molecule has 0 saturated carbocycles. The van der Waals surface area contributed by atoms with Crippen LogP contribution in [-0.4, -0.2) is 26.6 Å². The second-order valence-corrected chi connectivity index (χ2v) is 9.41. The third kappa shape index (κ3) is 5.46. The largest absolute Gasteiger partial charge is 0.369 e. The smallest absolute Gasteiger partial charge is 0.222 e. The van der Waals surface area contributed by atoms with E-state index in [9.17, 15) is 9.00 Å². The van der Waals surface area contributed by atoms with E-state index in [1.54, 1.807) is 18.2 Å². The van der Waals surface area contributed by atoms with E-state index in [0.717, 1.165) is 14.9 Å². The molecule has 0 aliphatic heterocycles. The standard InChI is InChI=1S/C14H14Cl2N2O2S3/c1-8-11(7-13(17)19)22-14(18-8)21-4-5-23(20)12-6-9(15)2-3-10(12)16/h2-3,6H,4-5,7H2,1H3,(H2,17,19)/t23-/m0/s1. The molecule has 0 bridgehead atoms. The van der Waals surface area contributed by atoms with Gasteiger partial charge in [0.25, 0.3) is 0 Å². The van der Waals surface area contributed by atoms with Gasteiger partial charge in [-0.25, -0.2) is 4.98 Å². The van der Waals surface area contributed by atoms with Crippen molar-refractivity contribution < 1.29 is 9.00 Å². The van der Waals surface area contributed by atoms with E-state index in [1.165, 1.54) is 23.1 Å². The third-order valence-corrected chi connectivity index (χ3v) is 7.48. The minimum Gasteiger partial charge on any atom is -0.369 e.